The first-order valence-electron chi connectivity index (χ1n) is 7.12. The second kappa shape index (κ2) is 8.40. The van der Waals surface area contributed by atoms with Gasteiger partial charge in [0.05, 0.1) is 12.1 Å². The van der Waals surface area contributed by atoms with Crippen molar-refractivity contribution in [1.29, 1.82) is 0 Å². The summed E-state index contributed by atoms with van der Waals surface area (Å²) in [6, 6.07) is 4.28. The van der Waals surface area contributed by atoms with Crippen LogP contribution in [0.2, 0.25) is 0 Å². The second-order valence-corrected chi connectivity index (χ2v) is 4.68. The summed E-state index contributed by atoms with van der Waals surface area (Å²) in [6.07, 6.45) is -4.48. The van der Waals surface area contributed by atoms with Crippen molar-refractivity contribution in [2.24, 2.45) is 0 Å². The molecule has 0 unspecified atom stereocenters. The number of halogens is 3. The summed E-state index contributed by atoms with van der Waals surface area (Å²) >= 11 is 0. The van der Waals surface area contributed by atoms with Gasteiger partial charge < -0.3 is 15.0 Å². The maximum absolute atomic E-state index is 12.6. The Balaban J connectivity index is 2.62. The van der Waals surface area contributed by atoms with E-state index in [4.69, 9.17) is 4.74 Å². The third-order valence-electron chi connectivity index (χ3n) is 2.97. The second-order valence-electron chi connectivity index (χ2n) is 4.68. The molecular formula is C15H19F3N2O3. The molecule has 0 atom stereocenters. The molecule has 1 aromatic rings. The Morgan fingerprint density at radius 3 is 2.52 bits per heavy atom. The van der Waals surface area contributed by atoms with Crippen LogP contribution < -0.4 is 10.1 Å². The van der Waals surface area contributed by atoms with E-state index < -0.39 is 24.3 Å². The molecule has 0 bridgehead atoms. The first-order chi connectivity index (χ1) is 10.8. The molecule has 0 radical (unpaired) electrons. The molecule has 0 saturated heterocycles. The lowest BCUT2D eigenvalue weighted by Crippen LogP contribution is -2.42. The number of likely N-dealkylation sites (N-methyl/N-ethyl adjacent to an activating group) is 2. The molecule has 0 aliphatic heterocycles. The van der Waals surface area contributed by atoms with Gasteiger partial charge in [-0.1, -0.05) is 6.07 Å². The zero-order valence-corrected chi connectivity index (χ0v) is 12.9. The normalized spacial score (nSPS) is 11.0. The van der Waals surface area contributed by atoms with Gasteiger partial charge >= 0.3 is 6.18 Å². The molecule has 1 aromatic carbocycles. The van der Waals surface area contributed by atoms with Gasteiger partial charge in [-0.05, 0) is 32.0 Å². The minimum atomic E-state index is -4.48. The van der Waals surface area contributed by atoms with E-state index in [1.165, 1.54) is 17.0 Å². The number of hydrogen-bond acceptors (Lipinski definition) is 3. The average Bonchev–Trinajstić information content (AvgIpc) is 2.50. The van der Waals surface area contributed by atoms with Crippen molar-refractivity contribution in [2.75, 3.05) is 26.2 Å². The first-order valence-corrected chi connectivity index (χ1v) is 7.12. The van der Waals surface area contributed by atoms with Crippen LogP contribution >= 0.6 is 0 Å². The quantitative estimate of drug-likeness (QED) is 0.832. The minimum absolute atomic E-state index is 0.0535. The van der Waals surface area contributed by atoms with E-state index in [2.05, 4.69) is 5.32 Å². The van der Waals surface area contributed by atoms with Gasteiger partial charge in [-0.3, -0.25) is 9.59 Å². The van der Waals surface area contributed by atoms with E-state index in [9.17, 15) is 22.8 Å². The highest BCUT2D eigenvalue weighted by molar-refractivity contribution is 5.85. The highest BCUT2D eigenvalue weighted by Gasteiger charge is 2.30. The molecule has 5 nitrogen and oxygen atoms in total. The summed E-state index contributed by atoms with van der Waals surface area (Å²) in [5, 5.41) is 2.56. The van der Waals surface area contributed by atoms with Crippen LogP contribution in [0.4, 0.5) is 13.2 Å². The summed E-state index contributed by atoms with van der Waals surface area (Å²) in [5.74, 6) is -0.833. The predicted octanol–water partition coefficient (Wildman–Crippen LogP) is 2.07. The molecule has 8 heteroatoms. The summed E-state index contributed by atoms with van der Waals surface area (Å²) in [7, 11) is 0. The summed E-state index contributed by atoms with van der Waals surface area (Å²) in [6.45, 7) is 3.64. The lowest BCUT2D eigenvalue weighted by molar-refractivity contribution is -0.138. The minimum Gasteiger partial charge on any atom is -0.484 e. The Morgan fingerprint density at radius 1 is 1.26 bits per heavy atom. The smallest absolute Gasteiger partial charge is 0.416 e. The third-order valence-corrected chi connectivity index (χ3v) is 2.97. The zero-order chi connectivity index (χ0) is 17.5. The number of amides is 2. The van der Waals surface area contributed by atoms with Gasteiger partial charge in [-0.15, -0.1) is 0 Å². The molecule has 23 heavy (non-hydrogen) atoms. The van der Waals surface area contributed by atoms with Crippen LogP contribution in [0.5, 0.6) is 5.75 Å². The van der Waals surface area contributed by atoms with Crippen LogP contribution in [0.25, 0.3) is 0 Å². The van der Waals surface area contributed by atoms with E-state index in [1.807, 2.05) is 0 Å². The molecule has 1 rings (SSSR count). The van der Waals surface area contributed by atoms with Gasteiger partial charge in [0.1, 0.15) is 5.75 Å². The monoisotopic (exact) mass is 332 g/mol. The topological polar surface area (TPSA) is 58.6 Å². The standard InChI is InChI=1S/C15H19F3N2O3/c1-3-19-13(21)9-20(4-2)14(22)10-23-12-7-5-6-11(8-12)15(16,17)18/h5-8H,3-4,9-10H2,1-2H3,(H,19,21). The molecule has 0 spiro atoms. The Morgan fingerprint density at radius 2 is 1.96 bits per heavy atom. The van der Waals surface area contributed by atoms with Gasteiger partial charge in [0.15, 0.2) is 6.61 Å². The van der Waals surface area contributed by atoms with Crippen molar-refractivity contribution < 1.29 is 27.5 Å². The van der Waals surface area contributed by atoms with Crippen LogP contribution in [0, 0.1) is 0 Å². The number of hydrogen-bond donors (Lipinski definition) is 1. The molecule has 0 aromatic heterocycles. The molecule has 0 aliphatic carbocycles. The maximum Gasteiger partial charge on any atom is 0.416 e. The molecule has 128 valence electrons. The van der Waals surface area contributed by atoms with E-state index in [-0.39, 0.29) is 18.2 Å². The number of ether oxygens (including phenoxy) is 1. The van der Waals surface area contributed by atoms with Gasteiger partial charge in [-0.2, -0.15) is 13.2 Å². The fraction of sp³-hybridized carbons (Fsp3) is 0.467. The number of benzene rings is 1. The van der Waals surface area contributed by atoms with E-state index in [0.717, 1.165) is 12.1 Å². The van der Waals surface area contributed by atoms with Crippen molar-refractivity contribution >= 4 is 11.8 Å². The Bertz CT molecular complexity index is 547. The molecule has 2 amide bonds. The van der Waals surface area contributed by atoms with Gasteiger partial charge in [0.2, 0.25) is 5.91 Å². The van der Waals surface area contributed by atoms with Crippen LogP contribution in [-0.4, -0.2) is 43.0 Å². The fourth-order valence-corrected chi connectivity index (χ4v) is 1.80. The number of rotatable bonds is 7. The lowest BCUT2D eigenvalue weighted by atomic mass is 10.2. The molecule has 0 saturated carbocycles. The number of alkyl halides is 3. The highest BCUT2D eigenvalue weighted by Crippen LogP contribution is 2.31. The fourth-order valence-electron chi connectivity index (χ4n) is 1.80. The Hall–Kier alpha value is -2.25. The predicted molar refractivity (Wildman–Crippen MR) is 77.9 cm³/mol. The van der Waals surface area contributed by atoms with Crippen LogP contribution in [-0.2, 0) is 15.8 Å². The highest BCUT2D eigenvalue weighted by atomic mass is 19.4. The van der Waals surface area contributed by atoms with E-state index in [0.29, 0.717) is 13.1 Å². The maximum atomic E-state index is 12.6. The Kier molecular flexibility index (Phi) is 6.87. The molecule has 0 heterocycles. The zero-order valence-electron chi connectivity index (χ0n) is 12.9. The lowest BCUT2D eigenvalue weighted by Gasteiger charge is -2.20. The van der Waals surface area contributed by atoms with Gasteiger partial charge in [0.25, 0.3) is 5.91 Å². The van der Waals surface area contributed by atoms with Gasteiger partial charge in [-0.25, -0.2) is 0 Å². The molecular weight excluding hydrogens is 313 g/mol. The summed E-state index contributed by atoms with van der Waals surface area (Å²) < 4.78 is 42.9. The number of nitrogens with zero attached hydrogens (tertiary/aromatic N) is 1. The summed E-state index contributed by atoms with van der Waals surface area (Å²) in [4.78, 5) is 24.7. The largest absolute Gasteiger partial charge is 0.484 e. The number of carbonyl (C=O) groups excluding carboxylic acids is 2. The number of carbonyl (C=O) groups is 2. The molecule has 0 fully saturated rings. The average molecular weight is 332 g/mol. The van der Waals surface area contributed by atoms with E-state index >= 15 is 0 Å². The summed E-state index contributed by atoms with van der Waals surface area (Å²) in [5.41, 5.74) is -0.850. The van der Waals surface area contributed by atoms with Crippen molar-refractivity contribution in [1.82, 2.24) is 10.2 Å². The molecule has 1 N–H and O–H groups in total. The van der Waals surface area contributed by atoms with Crippen molar-refractivity contribution in [3.05, 3.63) is 29.8 Å². The van der Waals surface area contributed by atoms with Crippen molar-refractivity contribution in [2.45, 2.75) is 20.0 Å². The number of nitrogens with one attached hydrogen (secondary N) is 1. The van der Waals surface area contributed by atoms with Crippen molar-refractivity contribution in [3.8, 4) is 5.75 Å². The third kappa shape index (κ3) is 6.17. The SMILES string of the molecule is CCNC(=O)CN(CC)C(=O)COc1cccc(C(F)(F)F)c1. The van der Waals surface area contributed by atoms with E-state index in [1.54, 1.807) is 13.8 Å². The van der Waals surface area contributed by atoms with Crippen LogP contribution in [0.3, 0.4) is 0 Å². The van der Waals surface area contributed by atoms with Crippen LogP contribution in [0.1, 0.15) is 19.4 Å². The molecule has 0 aliphatic rings. The first kappa shape index (κ1) is 18.8. The van der Waals surface area contributed by atoms with Crippen LogP contribution in [0.15, 0.2) is 24.3 Å². The van der Waals surface area contributed by atoms with Gasteiger partial charge in [0, 0.05) is 13.1 Å². The Labute approximate surface area is 132 Å². The van der Waals surface area contributed by atoms with Crippen molar-refractivity contribution in [3.63, 3.8) is 0 Å².